The van der Waals surface area contributed by atoms with Crippen molar-refractivity contribution in [3.8, 4) is 0 Å². The predicted octanol–water partition coefficient (Wildman–Crippen LogP) is 4.55. The van der Waals surface area contributed by atoms with Crippen molar-refractivity contribution in [3.05, 3.63) is 82.2 Å². The second-order valence-electron chi connectivity index (χ2n) is 6.47. The number of hydrogen-bond donors (Lipinski definition) is 0. The van der Waals surface area contributed by atoms with E-state index >= 15 is 0 Å². The normalized spacial score (nSPS) is 21.3. The Bertz CT molecular complexity index is 685. The molecule has 1 saturated heterocycles. The molecule has 25 heavy (non-hydrogen) atoms. The Balaban J connectivity index is 1.63. The van der Waals surface area contributed by atoms with E-state index in [1.54, 1.807) is 0 Å². The van der Waals surface area contributed by atoms with Crippen molar-refractivity contribution in [2.24, 2.45) is 5.11 Å². The summed E-state index contributed by atoms with van der Waals surface area (Å²) < 4.78 is 6.12. The van der Waals surface area contributed by atoms with Gasteiger partial charge in [-0.05, 0) is 36.0 Å². The number of likely N-dealkylation sites (tertiary alicyclic amines) is 1. The third kappa shape index (κ3) is 5.33. The van der Waals surface area contributed by atoms with Gasteiger partial charge in [-0.25, -0.2) is 0 Å². The van der Waals surface area contributed by atoms with E-state index in [1.807, 2.05) is 24.3 Å². The van der Waals surface area contributed by atoms with E-state index in [1.165, 1.54) is 5.56 Å². The zero-order valence-electron chi connectivity index (χ0n) is 14.4. The number of benzene rings is 2. The van der Waals surface area contributed by atoms with Gasteiger partial charge in [-0.3, -0.25) is 4.90 Å². The highest BCUT2D eigenvalue weighted by Crippen LogP contribution is 2.21. The van der Waals surface area contributed by atoms with Gasteiger partial charge in [0.05, 0.1) is 18.8 Å². The molecule has 0 aliphatic carbocycles. The molecule has 2 atom stereocenters. The molecule has 0 N–H and O–H groups in total. The van der Waals surface area contributed by atoms with Crippen LogP contribution in [0.25, 0.3) is 10.4 Å². The maximum absolute atomic E-state index is 8.97. The minimum atomic E-state index is -0.153. The summed E-state index contributed by atoms with van der Waals surface area (Å²) in [6.07, 6.45) is 1.93. The van der Waals surface area contributed by atoms with Crippen LogP contribution in [0.2, 0.25) is 0 Å². The number of hydrogen-bond acceptors (Lipinski definition) is 3. The maximum Gasteiger partial charge on any atom is 0.0763 e. The van der Waals surface area contributed by atoms with Crippen LogP contribution in [0.15, 0.2) is 65.8 Å². The molecule has 0 bridgehead atoms. The number of azide groups is 1. The van der Waals surface area contributed by atoms with Gasteiger partial charge in [-0.1, -0.05) is 65.8 Å². The van der Waals surface area contributed by atoms with E-state index in [0.717, 1.165) is 38.0 Å². The Kier molecular flexibility index (Phi) is 6.46. The summed E-state index contributed by atoms with van der Waals surface area (Å²) in [6, 6.07) is 20.4. The molecule has 1 aliphatic heterocycles. The van der Waals surface area contributed by atoms with Crippen molar-refractivity contribution in [1.29, 1.82) is 0 Å². The summed E-state index contributed by atoms with van der Waals surface area (Å²) in [5.41, 5.74) is 11.4. The predicted molar refractivity (Wildman–Crippen MR) is 98.9 cm³/mol. The highest BCUT2D eigenvalue weighted by atomic mass is 16.5. The topological polar surface area (TPSA) is 61.2 Å². The standard InChI is InChI=1S/C20H24N4O/c21-23-22-19-15-24(14-17-8-3-1-4-9-17)13-7-12-20(19)25-16-18-10-5-2-6-11-18/h1-6,8-11,19-20H,7,12-16H2/t19-,20-/m1/s1. The summed E-state index contributed by atoms with van der Waals surface area (Å²) >= 11 is 0. The van der Waals surface area contributed by atoms with Gasteiger partial charge in [0.1, 0.15) is 0 Å². The lowest BCUT2D eigenvalue weighted by atomic mass is 10.1. The zero-order chi connectivity index (χ0) is 17.3. The van der Waals surface area contributed by atoms with Crippen LogP contribution in [-0.2, 0) is 17.9 Å². The quantitative estimate of drug-likeness (QED) is 0.441. The van der Waals surface area contributed by atoms with Gasteiger partial charge in [0, 0.05) is 18.0 Å². The smallest absolute Gasteiger partial charge is 0.0763 e. The molecule has 1 fully saturated rings. The molecule has 5 heteroatoms. The van der Waals surface area contributed by atoms with Crippen LogP contribution in [0.1, 0.15) is 24.0 Å². The first-order chi connectivity index (χ1) is 12.3. The van der Waals surface area contributed by atoms with Gasteiger partial charge in [-0.2, -0.15) is 0 Å². The summed E-state index contributed by atoms with van der Waals surface area (Å²) in [5, 5.41) is 4.04. The van der Waals surface area contributed by atoms with Crippen molar-refractivity contribution in [1.82, 2.24) is 4.90 Å². The third-order valence-electron chi connectivity index (χ3n) is 4.59. The first-order valence-electron chi connectivity index (χ1n) is 8.81. The second-order valence-corrected chi connectivity index (χ2v) is 6.47. The molecule has 3 rings (SSSR count). The SMILES string of the molecule is [N-]=[N+]=N[C@@H]1CN(Cc2ccccc2)CCC[C@H]1OCc1ccccc1. The molecule has 0 spiro atoms. The van der Waals surface area contributed by atoms with Gasteiger partial charge in [0.15, 0.2) is 0 Å². The van der Waals surface area contributed by atoms with E-state index in [9.17, 15) is 0 Å². The highest BCUT2D eigenvalue weighted by Gasteiger charge is 2.27. The molecule has 0 saturated carbocycles. The van der Waals surface area contributed by atoms with E-state index in [-0.39, 0.29) is 12.1 Å². The average molecular weight is 336 g/mol. The van der Waals surface area contributed by atoms with Crippen molar-refractivity contribution in [2.45, 2.75) is 38.1 Å². The molecular weight excluding hydrogens is 312 g/mol. The Morgan fingerprint density at radius 2 is 1.72 bits per heavy atom. The fourth-order valence-electron chi connectivity index (χ4n) is 3.32. The molecular formula is C20H24N4O. The fourth-order valence-corrected chi connectivity index (χ4v) is 3.32. The minimum absolute atomic E-state index is 0.0307. The molecule has 0 amide bonds. The molecule has 0 aromatic heterocycles. The van der Waals surface area contributed by atoms with Crippen molar-refractivity contribution >= 4 is 0 Å². The van der Waals surface area contributed by atoms with Gasteiger partial charge < -0.3 is 4.74 Å². The average Bonchev–Trinajstić information content (AvgIpc) is 2.84. The zero-order valence-corrected chi connectivity index (χ0v) is 14.4. The summed E-state index contributed by atoms with van der Waals surface area (Å²) in [5.74, 6) is 0. The van der Waals surface area contributed by atoms with Crippen LogP contribution in [0.3, 0.4) is 0 Å². The van der Waals surface area contributed by atoms with Crippen LogP contribution >= 0.6 is 0 Å². The third-order valence-corrected chi connectivity index (χ3v) is 4.59. The molecule has 2 aromatic rings. The number of ether oxygens (including phenoxy) is 1. The number of nitrogens with zero attached hydrogens (tertiary/aromatic N) is 4. The van der Waals surface area contributed by atoms with Crippen LogP contribution < -0.4 is 0 Å². The molecule has 2 aromatic carbocycles. The molecule has 5 nitrogen and oxygen atoms in total. The first-order valence-corrected chi connectivity index (χ1v) is 8.81. The molecule has 0 radical (unpaired) electrons. The van der Waals surface area contributed by atoms with Crippen LogP contribution in [0.4, 0.5) is 0 Å². The van der Waals surface area contributed by atoms with Gasteiger partial charge >= 0.3 is 0 Å². The van der Waals surface area contributed by atoms with Crippen LogP contribution in [-0.4, -0.2) is 30.1 Å². The Hall–Kier alpha value is -2.33. The largest absolute Gasteiger partial charge is 0.373 e. The number of rotatable bonds is 6. The summed E-state index contributed by atoms with van der Waals surface area (Å²) in [6.45, 7) is 3.17. The van der Waals surface area contributed by atoms with E-state index in [4.69, 9.17) is 10.3 Å². The van der Waals surface area contributed by atoms with Crippen LogP contribution in [0, 0.1) is 0 Å². The first kappa shape index (κ1) is 17.5. The van der Waals surface area contributed by atoms with Crippen molar-refractivity contribution < 1.29 is 4.74 Å². The van der Waals surface area contributed by atoms with Crippen LogP contribution in [0.5, 0.6) is 0 Å². The second kappa shape index (κ2) is 9.23. The van der Waals surface area contributed by atoms with Gasteiger partial charge in [-0.15, -0.1) is 0 Å². The lowest BCUT2D eigenvalue weighted by molar-refractivity contribution is 0.0192. The lowest BCUT2D eigenvalue weighted by Crippen LogP contribution is -2.35. The monoisotopic (exact) mass is 336 g/mol. The summed E-state index contributed by atoms with van der Waals surface area (Å²) in [4.78, 5) is 5.43. The minimum Gasteiger partial charge on any atom is -0.373 e. The Morgan fingerprint density at radius 3 is 2.40 bits per heavy atom. The fraction of sp³-hybridized carbons (Fsp3) is 0.400. The van der Waals surface area contributed by atoms with E-state index < -0.39 is 0 Å². The Labute approximate surface area is 148 Å². The highest BCUT2D eigenvalue weighted by molar-refractivity contribution is 5.15. The molecule has 1 heterocycles. The maximum atomic E-state index is 8.97. The Morgan fingerprint density at radius 1 is 1.04 bits per heavy atom. The molecule has 1 aliphatic rings. The molecule has 0 unspecified atom stereocenters. The van der Waals surface area contributed by atoms with Gasteiger partial charge in [0.25, 0.3) is 0 Å². The lowest BCUT2D eigenvalue weighted by Gasteiger charge is -2.25. The van der Waals surface area contributed by atoms with E-state index in [2.05, 4.69) is 51.3 Å². The van der Waals surface area contributed by atoms with Gasteiger partial charge in [0.2, 0.25) is 0 Å². The summed E-state index contributed by atoms with van der Waals surface area (Å²) in [7, 11) is 0. The molecule has 130 valence electrons. The van der Waals surface area contributed by atoms with Crippen molar-refractivity contribution in [3.63, 3.8) is 0 Å². The van der Waals surface area contributed by atoms with Crippen molar-refractivity contribution in [2.75, 3.05) is 13.1 Å². The van der Waals surface area contributed by atoms with E-state index in [0.29, 0.717) is 6.61 Å².